The molecule has 6 nitrogen and oxygen atoms in total. The molecule has 0 spiro atoms. The summed E-state index contributed by atoms with van der Waals surface area (Å²) in [6.45, 7) is 2.22. The third-order valence-electron chi connectivity index (χ3n) is 3.42. The number of para-hydroxylation sites is 1. The Morgan fingerprint density at radius 1 is 1.20 bits per heavy atom. The molecule has 7 heteroatoms. The number of rotatable bonds is 6. The first-order valence-electron chi connectivity index (χ1n) is 7.65. The van der Waals surface area contributed by atoms with Gasteiger partial charge in [0.15, 0.2) is 6.61 Å². The molecule has 128 valence electrons. The molecule has 2 aromatic carbocycles. The minimum absolute atomic E-state index is 0.124. The molecule has 0 aliphatic carbocycles. The molecule has 1 heterocycles. The van der Waals surface area contributed by atoms with Gasteiger partial charge in [-0.05, 0) is 29.8 Å². The van der Waals surface area contributed by atoms with Gasteiger partial charge in [0.05, 0.1) is 5.56 Å². The van der Waals surface area contributed by atoms with E-state index < -0.39 is 0 Å². The molecule has 0 unspecified atom stereocenters. The summed E-state index contributed by atoms with van der Waals surface area (Å²) in [4.78, 5) is 16.5. The summed E-state index contributed by atoms with van der Waals surface area (Å²) in [6.07, 6.45) is 0. The van der Waals surface area contributed by atoms with Gasteiger partial charge in [0.1, 0.15) is 5.75 Å². The van der Waals surface area contributed by atoms with Gasteiger partial charge in [-0.2, -0.15) is 4.98 Å². The van der Waals surface area contributed by atoms with E-state index in [2.05, 4.69) is 15.5 Å². The summed E-state index contributed by atoms with van der Waals surface area (Å²) in [6, 6.07) is 14.3. The Labute approximate surface area is 149 Å². The van der Waals surface area contributed by atoms with E-state index in [0.29, 0.717) is 34.6 Å². The van der Waals surface area contributed by atoms with Crippen LogP contribution in [0.3, 0.4) is 0 Å². The Bertz CT molecular complexity index is 862. The van der Waals surface area contributed by atoms with E-state index in [-0.39, 0.29) is 12.5 Å². The summed E-state index contributed by atoms with van der Waals surface area (Å²) in [5.41, 5.74) is 1.40. The number of aryl methyl sites for hydroxylation is 1. The Balaban J connectivity index is 1.64. The Morgan fingerprint density at radius 3 is 2.68 bits per heavy atom. The molecule has 1 N–H and O–H groups in total. The number of nitrogens with one attached hydrogen (secondary N) is 1. The third-order valence-corrected chi connectivity index (χ3v) is 3.68. The predicted octanol–water partition coefficient (Wildman–Crippen LogP) is 3.54. The van der Waals surface area contributed by atoms with Gasteiger partial charge < -0.3 is 14.6 Å². The number of hydrogen-bond acceptors (Lipinski definition) is 5. The second kappa shape index (κ2) is 7.81. The maximum Gasteiger partial charge on any atom is 0.255 e. The molecule has 0 fully saturated rings. The predicted molar refractivity (Wildman–Crippen MR) is 92.4 cm³/mol. The molecule has 0 aliphatic heterocycles. The van der Waals surface area contributed by atoms with Crippen molar-refractivity contribution >= 4 is 17.5 Å². The van der Waals surface area contributed by atoms with E-state index in [0.717, 1.165) is 5.56 Å². The van der Waals surface area contributed by atoms with Gasteiger partial charge in [0, 0.05) is 18.5 Å². The number of amides is 1. The Hall–Kier alpha value is -2.86. The highest BCUT2D eigenvalue weighted by atomic mass is 35.5. The lowest BCUT2D eigenvalue weighted by atomic mass is 10.1. The first-order valence-corrected chi connectivity index (χ1v) is 8.03. The van der Waals surface area contributed by atoms with Crippen molar-refractivity contribution in [1.82, 2.24) is 15.5 Å². The number of ether oxygens (including phenoxy) is 1. The highest BCUT2D eigenvalue weighted by molar-refractivity contribution is 6.30. The van der Waals surface area contributed by atoms with E-state index in [1.165, 1.54) is 0 Å². The first-order chi connectivity index (χ1) is 12.1. The molecular formula is C18H16ClN3O3. The number of hydrogen-bond donors (Lipinski definition) is 1. The zero-order chi connectivity index (χ0) is 17.6. The summed E-state index contributed by atoms with van der Waals surface area (Å²) in [5, 5.41) is 7.29. The van der Waals surface area contributed by atoms with Gasteiger partial charge in [-0.1, -0.05) is 41.0 Å². The van der Waals surface area contributed by atoms with Crippen molar-refractivity contribution in [3.8, 4) is 5.75 Å². The van der Waals surface area contributed by atoms with Crippen LogP contribution in [0.5, 0.6) is 5.75 Å². The Morgan fingerprint density at radius 2 is 1.96 bits per heavy atom. The van der Waals surface area contributed by atoms with E-state index >= 15 is 0 Å². The van der Waals surface area contributed by atoms with Gasteiger partial charge in [0.2, 0.25) is 11.7 Å². The van der Waals surface area contributed by atoms with Crippen molar-refractivity contribution in [3.63, 3.8) is 0 Å². The van der Waals surface area contributed by atoms with Crippen LogP contribution in [0.2, 0.25) is 5.02 Å². The molecular weight excluding hydrogens is 342 g/mol. The van der Waals surface area contributed by atoms with Gasteiger partial charge >= 0.3 is 0 Å². The molecule has 3 rings (SSSR count). The van der Waals surface area contributed by atoms with Crippen molar-refractivity contribution in [1.29, 1.82) is 0 Å². The van der Waals surface area contributed by atoms with Crippen molar-refractivity contribution < 1.29 is 14.1 Å². The van der Waals surface area contributed by atoms with Gasteiger partial charge in [-0.3, -0.25) is 4.79 Å². The summed E-state index contributed by atoms with van der Waals surface area (Å²) < 4.78 is 10.6. The van der Waals surface area contributed by atoms with E-state index in [1.807, 2.05) is 12.1 Å². The van der Waals surface area contributed by atoms with Crippen LogP contribution in [0.1, 0.15) is 27.6 Å². The van der Waals surface area contributed by atoms with Crippen LogP contribution in [0.25, 0.3) is 0 Å². The van der Waals surface area contributed by atoms with Crippen molar-refractivity contribution in [2.45, 2.75) is 20.1 Å². The fourth-order valence-electron chi connectivity index (χ4n) is 2.20. The summed E-state index contributed by atoms with van der Waals surface area (Å²) in [5.74, 6) is 1.12. The smallest absolute Gasteiger partial charge is 0.255 e. The topological polar surface area (TPSA) is 77.2 Å². The van der Waals surface area contributed by atoms with Gasteiger partial charge in [0.25, 0.3) is 5.91 Å². The quantitative estimate of drug-likeness (QED) is 0.730. The second-order valence-electron chi connectivity index (χ2n) is 5.32. The van der Waals surface area contributed by atoms with E-state index in [4.69, 9.17) is 20.9 Å². The highest BCUT2D eigenvalue weighted by Crippen LogP contribution is 2.19. The van der Waals surface area contributed by atoms with Crippen LogP contribution in [0.15, 0.2) is 53.1 Å². The zero-order valence-corrected chi connectivity index (χ0v) is 14.3. The summed E-state index contributed by atoms with van der Waals surface area (Å²) in [7, 11) is 0. The van der Waals surface area contributed by atoms with Crippen molar-refractivity contribution in [2.24, 2.45) is 0 Å². The lowest BCUT2D eigenvalue weighted by molar-refractivity contribution is 0.0946. The van der Waals surface area contributed by atoms with E-state index in [9.17, 15) is 4.79 Å². The van der Waals surface area contributed by atoms with E-state index in [1.54, 1.807) is 43.3 Å². The number of aromatic nitrogens is 2. The van der Waals surface area contributed by atoms with Crippen molar-refractivity contribution in [2.75, 3.05) is 0 Å². The average molecular weight is 358 g/mol. The fourth-order valence-corrected chi connectivity index (χ4v) is 2.33. The highest BCUT2D eigenvalue weighted by Gasteiger charge is 2.13. The molecule has 25 heavy (non-hydrogen) atoms. The normalized spacial score (nSPS) is 10.5. The number of halogens is 1. The molecule has 3 aromatic rings. The van der Waals surface area contributed by atoms with Gasteiger partial charge in [-0.25, -0.2) is 0 Å². The van der Waals surface area contributed by atoms with Crippen LogP contribution in [-0.2, 0) is 13.2 Å². The standard InChI is InChI=1S/C18H16ClN3O3/c1-12-21-17(22-25-12)11-24-16-5-3-2-4-15(16)18(23)20-10-13-6-8-14(19)9-7-13/h2-9H,10-11H2,1H3,(H,20,23). The minimum atomic E-state index is -0.227. The van der Waals surface area contributed by atoms with Crippen LogP contribution >= 0.6 is 11.6 Å². The van der Waals surface area contributed by atoms with Crippen molar-refractivity contribution in [3.05, 3.63) is 76.4 Å². The van der Waals surface area contributed by atoms with Crippen LogP contribution in [-0.4, -0.2) is 16.0 Å². The third kappa shape index (κ3) is 4.58. The lowest BCUT2D eigenvalue weighted by Gasteiger charge is -2.10. The largest absolute Gasteiger partial charge is 0.485 e. The maximum atomic E-state index is 12.5. The SMILES string of the molecule is Cc1nc(COc2ccccc2C(=O)NCc2ccc(Cl)cc2)no1. The molecule has 0 saturated heterocycles. The lowest BCUT2D eigenvalue weighted by Crippen LogP contribution is -2.23. The number of benzene rings is 2. The molecule has 0 atom stereocenters. The first kappa shape index (κ1) is 17.0. The fraction of sp³-hybridized carbons (Fsp3) is 0.167. The molecule has 0 aliphatic rings. The maximum absolute atomic E-state index is 12.5. The number of carbonyl (C=O) groups excluding carboxylic acids is 1. The Kier molecular flexibility index (Phi) is 5.30. The number of carbonyl (C=O) groups is 1. The molecule has 1 amide bonds. The molecule has 0 bridgehead atoms. The van der Waals surface area contributed by atoms with Gasteiger partial charge in [-0.15, -0.1) is 0 Å². The molecule has 1 aromatic heterocycles. The second-order valence-corrected chi connectivity index (χ2v) is 5.76. The zero-order valence-electron chi connectivity index (χ0n) is 13.5. The van der Waals surface area contributed by atoms with Crippen LogP contribution in [0, 0.1) is 6.92 Å². The average Bonchev–Trinajstić information content (AvgIpc) is 3.05. The minimum Gasteiger partial charge on any atom is -0.485 e. The van der Waals surface area contributed by atoms with Crippen LogP contribution in [0.4, 0.5) is 0 Å². The summed E-state index contributed by atoms with van der Waals surface area (Å²) >= 11 is 5.86. The molecule has 0 radical (unpaired) electrons. The van der Waals surface area contributed by atoms with Crippen LogP contribution < -0.4 is 10.1 Å². The number of nitrogens with zero attached hydrogens (tertiary/aromatic N) is 2. The monoisotopic (exact) mass is 357 g/mol. The molecule has 0 saturated carbocycles.